The Morgan fingerprint density at radius 3 is 2.82 bits per heavy atom. The van der Waals surface area contributed by atoms with Gasteiger partial charge < -0.3 is 9.73 Å². The molecule has 2 rings (SSSR count). The van der Waals surface area contributed by atoms with Crippen molar-refractivity contribution in [3.8, 4) is 0 Å². The quantitative estimate of drug-likeness (QED) is 0.869. The molecule has 1 aromatic carbocycles. The van der Waals surface area contributed by atoms with Crippen molar-refractivity contribution in [1.82, 2.24) is 4.98 Å². The number of hydrogen-bond donors (Lipinski definition) is 1. The van der Waals surface area contributed by atoms with E-state index in [2.05, 4.69) is 10.3 Å². The molecule has 0 aliphatic carbocycles. The van der Waals surface area contributed by atoms with Crippen LogP contribution in [0.4, 0.5) is 10.1 Å². The number of aryl methyl sites for hydroxylation is 2. The molecule has 0 saturated carbocycles. The predicted molar refractivity (Wildman–Crippen MR) is 60.3 cm³/mol. The summed E-state index contributed by atoms with van der Waals surface area (Å²) in [5.41, 5.74) is 1.38. The first-order chi connectivity index (χ1) is 8.06. The van der Waals surface area contributed by atoms with Crippen LogP contribution in [0.25, 0.3) is 0 Å². The van der Waals surface area contributed by atoms with Crippen LogP contribution >= 0.6 is 0 Å². The maximum Gasteiger partial charge on any atom is 0.277 e. The molecule has 0 unspecified atom stereocenters. The highest BCUT2D eigenvalue weighted by Crippen LogP contribution is 2.16. The van der Waals surface area contributed by atoms with E-state index in [1.54, 1.807) is 19.9 Å². The number of aromatic nitrogens is 1. The third-order valence-electron chi connectivity index (χ3n) is 2.30. The summed E-state index contributed by atoms with van der Waals surface area (Å²) in [6.07, 6.45) is 1.26. The van der Waals surface area contributed by atoms with Crippen molar-refractivity contribution in [3.05, 3.63) is 47.4 Å². The van der Waals surface area contributed by atoms with Crippen molar-refractivity contribution in [1.29, 1.82) is 0 Å². The van der Waals surface area contributed by atoms with Crippen LogP contribution < -0.4 is 5.32 Å². The number of nitrogens with one attached hydrogen (secondary N) is 1. The van der Waals surface area contributed by atoms with Gasteiger partial charge in [-0.3, -0.25) is 4.79 Å². The van der Waals surface area contributed by atoms with Gasteiger partial charge in [-0.1, -0.05) is 6.07 Å². The van der Waals surface area contributed by atoms with Crippen LogP contribution in [-0.2, 0) is 0 Å². The molecule has 0 fully saturated rings. The van der Waals surface area contributed by atoms with Gasteiger partial charge in [0.2, 0.25) is 0 Å². The lowest BCUT2D eigenvalue weighted by Gasteiger charge is -2.06. The number of benzene rings is 1. The zero-order valence-corrected chi connectivity index (χ0v) is 9.45. The number of hydrogen-bond acceptors (Lipinski definition) is 3. The van der Waals surface area contributed by atoms with Crippen LogP contribution in [0.5, 0.6) is 0 Å². The first-order valence-corrected chi connectivity index (χ1v) is 5.06. The van der Waals surface area contributed by atoms with E-state index in [9.17, 15) is 9.18 Å². The monoisotopic (exact) mass is 234 g/mol. The van der Waals surface area contributed by atoms with Gasteiger partial charge >= 0.3 is 0 Å². The Hall–Kier alpha value is -2.17. The molecule has 1 heterocycles. The van der Waals surface area contributed by atoms with Crippen LogP contribution in [0.15, 0.2) is 28.9 Å². The first-order valence-electron chi connectivity index (χ1n) is 5.06. The van der Waals surface area contributed by atoms with Crippen LogP contribution in [0.2, 0.25) is 0 Å². The maximum atomic E-state index is 13.0. The molecule has 1 N–H and O–H groups in total. The number of amides is 1. The van der Waals surface area contributed by atoms with Crippen LogP contribution in [-0.4, -0.2) is 10.9 Å². The average molecular weight is 234 g/mol. The Bertz CT molecular complexity index is 563. The SMILES string of the molecule is Cc1nc(C(=O)Nc2cc(F)ccc2C)co1. The van der Waals surface area contributed by atoms with Crippen molar-refractivity contribution in [3.63, 3.8) is 0 Å². The summed E-state index contributed by atoms with van der Waals surface area (Å²) in [6.45, 7) is 3.42. The smallest absolute Gasteiger partial charge is 0.277 e. The average Bonchev–Trinajstić information content (AvgIpc) is 2.70. The molecule has 1 aromatic heterocycles. The minimum atomic E-state index is -0.421. The molecule has 5 heteroatoms. The van der Waals surface area contributed by atoms with E-state index in [1.807, 2.05) is 0 Å². The summed E-state index contributed by atoms with van der Waals surface area (Å²) in [5, 5.41) is 2.58. The standard InChI is InChI=1S/C12H11FN2O2/c1-7-3-4-9(13)5-10(7)15-12(16)11-6-17-8(2)14-11/h3-6H,1-2H3,(H,15,16). The van der Waals surface area contributed by atoms with Crippen LogP contribution in [0, 0.1) is 19.7 Å². The molecule has 0 atom stereocenters. The molecule has 88 valence electrons. The van der Waals surface area contributed by atoms with Crippen molar-refractivity contribution >= 4 is 11.6 Å². The molecular formula is C12H11FN2O2. The predicted octanol–water partition coefficient (Wildman–Crippen LogP) is 2.68. The fourth-order valence-electron chi connectivity index (χ4n) is 1.38. The molecule has 2 aromatic rings. The van der Waals surface area contributed by atoms with E-state index in [0.29, 0.717) is 11.6 Å². The highest BCUT2D eigenvalue weighted by Gasteiger charge is 2.12. The lowest BCUT2D eigenvalue weighted by Crippen LogP contribution is -2.13. The van der Waals surface area contributed by atoms with E-state index in [0.717, 1.165) is 5.56 Å². The molecule has 0 bridgehead atoms. The number of carbonyl (C=O) groups is 1. The summed E-state index contributed by atoms with van der Waals surface area (Å²) < 4.78 is 17.9. The Morgan fingerprint density at radius 1 is 1.41 bits per heavy atom. The van der Waals surface area contributed by atoms with E-state index in [1.165, 1.54) is 18.4 Å². The number of rotatable bonds is 2. The van der Waals surface area contributed by atoms with Crippen molar-refractivity contribution in [2.24, 2.45) is 0 Å². The molecule has 1 amide bonds. The molecular weight excluding hydrogens is 223 g/mol. The lowest BCUT2D eigenvalue weighted by atomic mass is 10.2. The highest BCUT2D eigenvalue weighted by atomic mass is 19.1. The number of oxazole rings is 1. The summed E-state index contributed by atoms with van der Waals surface area (Å²) in [7, 11) is 0. The summed E-state index contributed by atoms with van der Waals surface area (Å²) in [4.78, 5) is 15.6. The normalized spacial score (nSPS) is 10.3. The maximum absolute atomic E-state index is 13.0. The Labute approximate surface area is 97.5 Å². The van der Waals surface area contributed by atoms with Gasteiger partial charge in [0.05, 0.1) is 0 Å². The van der Waals surface area contributed by atoms with Crippen molar-refractivity contribution in [2.45, 2.75) is 13.8 Å². The summed E-state index contributed by atoms with van der Waals surface area (Å²) in [5.74, 6) is -0.413. The number of halogens is 1. The molecule has 0 aliphatic heterocycles. The van der Waals surface area contributed by atoms with Gasteiger partial charge in [0.1, 0.15) is 12.1 Å². The van der Waals surface area contributed by atoms with E-state index in [4.69, 9.17) is 4.42 Å². The summed E-state index contributed by atoms with van der Waals surface area (Å²) >= 11 is 0. The van der Waals surface area contributed by atoms with E-state index < -0.39 is 11.7 Å². The minimum absolute atomic E-state index is 0.172. The van der Waals surface area contributed by atoms with Gasteiger partial charge in [0.25, 0.3) is 5.91 Å². The van der Waals surface area contributed by atoms with Crippen molar-refractivity contribution in [2.75, 3.05) is 5.32 Å². The second kappa shape index (κ2) is 4.37. The topological polar surface area (TPSA) is 55.1 Å². The molecule has 0 spiro atoms. The molecule has 17 heavy (non-hydrogen) atoms. The first kappa shape index (κ1) is 11.3. The number of carbonyl (C=O) groups excluding carboxylic acids is 1. The van der Waals surface area contributed by atoms with Crippen molar-refractivity contribution < 1.29 is 13.6 Å². The Balaban J connectivity index is 2.21. The zero-order valence-electron chi connectivity index (χ0n) is 9.45. The van der Waals surface area contributed by atoms with Crippen LogP contribution in [0.1, 0.15) is 21.9 Å². The molecule has 0 radical (unpaired) electrons. The van der Waals surface area contributed by atoms with Gasteiger partial charge in [-0.05, 0) is 24.6 Å². The minimum Gasteiger partial charge on any atom is -0.448 e. The summed E-state index contributed by atoms with van der Waals surface area (Å²) in [6, 6.07) is 4.20. The van der Waals surface area contributed by atoms with Gasteiger partial charge in [0.15, 0.2) is 11.6 Å². The Kier molecular flexibility index (Phi) is 2.91. The van der Waals surface area contributed by atoms with E-state index in [-0.39, 0.29) is 5.69 Å². The zero-order chi connectivity index (χ0) is 12.4. The van der Waals surface area contributed by atoms with Gasteiger partial charge in [-0.25, -0.2) is 9.37 Å². The lowest BCUT2D eigenvalue weighted by molar-refractivity contribution is 0.102. The molecule has 0 saturated heterocycles. The number of nitrogens with zero attached hydrogens (tertiary/aromatic N) is 1. The second-order valence-electron chi connectivity index (χ2n) is 3.67. The highest BCUT2D eigenvalue weighted by molar-refractivity contribution is 6.03. The number of anilines is 1. The Morgan fingerprint density at radius 2 is 2.18 bits per heavy atom. The van der Waals surface area contributed by atoms with Gasteiger partial charge in [-0.15, -0.1) is 0 Å². The van der Waals surface area contributed by atoms with Crippen LogP contribution in [0.3, 0.4) is 0 Å². The fraction of sp³-hybridized carbons (Fsp3) is 0.167. The van der Waals surface area contributed by atoms with E-state index >= 15 is 0 Å². The third kappa shape index (κ3) is 2.50. The second-order valence-corrected chi connectivity index (χ2v) is 3.67. The third-order valence-corrected chi connectivity index (χ3v) is 2.30. The fourth-order valence-corrected chi connectivity index (χ4v) is 1.38. The molecule has 0 aliphatic rings. The van der Waals surface area contributed by atoms with Gasteiger partial charge in [-0.2, -0.15) is 0 Å². The molecule has 4 nitrogen and oxygen atoms in total. The largest absolute Gasteiger partial charge is 0.448 e. The van der Waals surface area contributed by atoms with Gasteiger partial charge in [0, 0.05) is 12.6 Å².